The third kappa shape index (κ3) is 6.32. The lowest BCUT2D eigenvalue weighted by atomic mass is 10.0. The minimum absolute atomic E-state index is 0.0803. The molecule has 0 amide bonds. The largest absolute Gasteiger partial charge is 0.389 e. The summed E-state index contributed by atoms with van der Waals surface area (Å²) in [6.45, 7) is 2.49. The van der Waals surface area contributed by atoms with Crippen LogP contribution >= 0.6 is 0 Å². The van der Waals surface area contributed by atoms with Gasteiger partial charge in [0.2, 0.25) is 0 Å². The molecule has 1 rings (SSSR count). The zero-order valence-electron chi connectivity index (χ0n) is 11.2. The summed E-state index contributed by atoms with van der Waals surface area (Å²) in [4.78, 5) is 0. The first-order valence-corrected chi connectivity index (χ1v) is 6.58. The second kappa shape index (κ2) is 7.57. The van der Waals surface area contributed by atoms with Crippen molar-refractivity contribution in [3.05, 3.63) is 35.4 Å². The summed E-state index contributed by atoms with van der Waals surface area (Å²) in [7, 11) is 0. The van der Waals surface area contributed by atoms with Crippen molar-refractivity contribution in [3.63, 3.8) is 0 Å². The van der Waals surface area contributed by atoms with Crippen molar-refractivity contribution >= 4 is 0 Å². The molecule has 1 unspecified atom stereocenters. The molecule has 6 heteroatoms. The Morgan fingerprint density at radius 3 is 2.20 bits per heavy atom. The van der Waals surface area contributed by atoms with Gasteiger partial charge >= 0.3 is 6.18 Å². The molecule has 0 heterocycles. The zero-order chi connectivity index (χ0) is 15.2. The molecule has 0 saturated heterocycles. The summed E-state index contributed by atoms with van der Waals surface area (Å²) in [5.74, 6) is -1.45. The maximum atomic E-state index is 13.2. The molecule has 1 aromatic rings. The fourth-order valence-electron chi connectivity index (χ4n) is 1.99. The van der Waals surface area contributed by atoms with Crippen molar-refractivity contribution in [2.24, 2.45) is 0 Å². The quantitative estimate of drug-likeness (QED) is 0.717. The second-order valence-corrected chi connectivity index (χ2v) is 4.72. The number of hydrogen-bond acceptors (Lipinski definition) is 1. The zero-order valence-corrected chi connectivity index (χ0v) is 11.2. The molecular formula is C14H18F5N. The van der Waals surface area contributed by atoms with Crippen LogP contribution in [0.3, 0.4) is 0 Å². The van der Waals surface area contributed by atoms with Crippen LogP contribution in [0.2, 0.25) is 0 Å². The highest BCUT2D eigenvalue weighted by Gasteiger charge is 2.27. The highest BCUT2D eigenvalue weighted by molar-refractivity contribution is 5.21. The Balaban J connectivity index is 2.72. The fraction of sp³-hybridized carbons (Fsp3) is 0.571. The molecule has 0 aromatic heterocycles. The molecule has 1 aromatic carbocycles. The number of benzene rings is 1. The first-order chi connectivity index (χ1) is 9.31. The van der Waals surface area contributed by atoms with Crippen molar-refractivity contribution in [3.8, 4) is 0 Å². The van der Waals surface area contributed by atoms with Crippen LogP contribution in [0.1, 0.15) is 44.2 Å². The number of halogens is 5. The molecule has 0 radical (unpaired) electrons. The predicted octanol–water partition coefficient (Wildman–Crippen LogP) is 4.74. The topological polar surface area (TPSA) is 12.0 Å². The Hall–Kier alpha value is -1.17. The summed E-state index contributed by atoms with van der Waals surface area (Å²) in [5, 5.41) is 3.03. The van der Waals surface area contributed by atoms with Crippen molar-refractivity contribution < 1.29 is 22.0 Å². The van der Waals surface area contributed by atoms with E-state index in [0.717, 1.165) is 24.6 Å². The van der Waals surface area contributed by atoms with Crippen LogP contribution in [0.4, 0.5) is 22.0 Å². The van der Waals surface area contributed by atoms with Gasteiger partial charge in [0.1, 0.15) is 11.6 Å². The molecule has 0 fully saturated rings. The molecule has 114 valence electrons. The first-order valence-electron chi connectivity index (χ1n) is 6.58. The molecule has 0 aliphatic carbocycles. The van der Waals surface area contributed by atoms with E-state index in [1.54, 1.807) is 0 Å². The highest BCUT2D eigenvalue weighted by Crippen LogP contribution is 2.27. The van der Waals surface area contributed by atoms with Crippen molar-refractivity contribution in [2.45, 2.75) is 44.8 Å². The molecule has 1 nitrogen and oxygen atoms in total. The standard InChI is InChI=1S/C14H18F5N/c1-2-6-20-13(4-3-5-14(17,18)19)10-7-11(15)9-12(16)8-10/h7-9,13,20H,2-6H2,1H3. The number of hydrogen-bond donors (Lipinski definition) is 1. The molecular weight excluding hydrogens is 277 g/mol. The predicted molar refractivity (Wildman–Crippen MR) is 67.3 cm³/mol. The van der Waals surface area contributed by atoms with Gasteiger partial charge in [0.05, 0.1) is 0 Å². The third-order valence-corrected chi connectivity index (χ3v) is 2.88. The molecule has 0 aliphatic heterocycles. The SMILES string of the molecule is CCCNC(CCCC(F)(F)F)c1cc(F)cc(F)c1. The summed E-state index contributed by atoms with van der Waals surface area (Å²) < 4.78 is 62.8. The van der Waals surface area contributed by atoms with Crippen LogP contribution < -0.4 is 5.32 Å². The molecule has 1 atom stereocenters. The van der Waals surface area contributed by atoms with Crippen LogP contribution in [0.15, 0.2) is 18.2 Å². The smallest absolute Gasteiger partial charge is 0.310 e. The molecule has 20 heavy (non-hydrogen) atoms. The van der Waals surface area contributed by atoms with E-state index >= 15 is 0 Å². The van der Waals surface area contributed by atoms with Gasteiger partial charge < -0.3 is 5.32 Å². The van der Waals surface area contributed by atoms with E-state index in [-0.39, 0.29) is 12.8 Å². The molecule has 0 spiro atoms. The first kappa shape index (κ1) is 16.9. The van der Waals surface area contributed by atoms with Gasteiger partial charge in [-0.2, -0.15) is 13.2 Å². The lowest BCUT2D eigenvalue weighted by Gasteiger charge is -2.19. The number of nitrogens with one attached hydrogen (secondary N) is 1. The summed E-state index contributed by atoms with van der Waals surface area (Å²) in [6, 6.07) is 2.59. The lowest BCUT2D eigenvalue weighted by molar-refractivity contribution is -0.135. The minimum Gasteiger partial charge on any atom is -0.310 e. The summed E-state index contributed by atoms with van der Waals surface area (Å²) >= 11 is 0. The van der Waals surface area contributed by atoms with Crippen molar-refractivity contribution in [2.75, 3.05) is 6.54 Å². The van der Waals surface area contributed by atoms with E-state index in [2.05, 4.69) is 5.32 Å². The average molecular weight is 295 g/mol. The van der Waals surface area contributed by atoms with Gasteiger partial charge in [0.15, 0.2) is 0 Å². The van der Waals surface area contributed by atoms with E-state index in [4.69, 9.17) is 0 Å². The average Bonchev–Trinajstić information content (AvgIpc) is 2.30. The molecule has 1 N–H and O–H groups in total. The van der Waals surface area contributed by atoms with Gasteiger partial charge in [-0.15, -0.1) is 0 Å². The lowest BCUT2D eigenvalue weighted by Crippen LogP contribution is -2.23. The Morgan fingerprint density at radius 2 is 1.70 bits per heavy atom. The van der Waals surface area contributed by atoms with Gasteiger partial charge in [0.25, 0.3) is 0 Å². The van der Waals surface area contributed by atoms with E-state index in [0.29, 0.717) is 12.1 Å². The Bertz CT molecular complexity index is 396. The van der Waals surface area contributed by atoms with E-state index in [1.807, 2.05) is 6.92 Å². The third-order valence-electron chi connectivity index (χ3n) is 2.88. The van der Waals surface area contributed by atoms with Crippen LogP contribution in [0.25, 0.3) is 0 Å². The van der Waals surface area contributed by atoms with Gasteiger partial charge in [-0.05, 0) is 43.5 Å². The van der Waals surface area contributed by atoms with Crippen LogP contribution in [-0.2, 0) is 0 Å². The van der Waals surface area contributed by atoms with Gasteiger partial charge in [-0.25, -0.2) is 8.78 Å². The maximum absolute atomic E-state index is 13.2. The Kier molecular flexibility index (Phi) is 6.39. The number of alkyl halides is 3. The Morgan fingerprint density at radius 1 is 1.10 bits per heavy atom. The van der Waals surface area contributed by atoms with Gasteiger partial charge in [-0.1, -0.05) is 6.92 Å². The van der Waals surface area contributed by atoms with Crippen LogP contribution in [-0.4, -0.2) is 12.7 Å². The summed E-state index contributed by atoms with van der Waals surface area (Å²) in [6.07, 6.45) is -4.21. The van der Waals surface area contributed by atoms with Crippen LogP contribution in [0, 0.1) is 11.6 Å². The van der Waals surface area contributed by atoms with Crippen molar-refractivity contribution in [1.82, 2.24) is 5.32 Å². The minimum atomic E-state index is -4.21. The normalized spacial score (nSPS) is 13.5. The fourth-order valence-corrected chi connectivity index (χ4v) is 1.99. The Labute approximate surface area is 115 Å². The number of rotatable bonds is 7. The van der Waals surface area contributed by atoms with Crippen LogP contribution in [0.5, 0.6) is 0 Å². The maximum Gasteiger partial charge on any atom is 0.389 e. The van der Waals surface area contributed by atoms with E-state index < -0.39 is 30.3 Å². The molecule has 0 aliphatic rings. The second-order valence-electron chi connectivity index (χ2n) is 4.72. The summed E-state index contributed by atoms with van der Waals surface area (Å²) in [5.41, 5.74) is 0.345. The van der Waals surface area contributed by atoms with Gasteiger partial charge in [-0.3, -0.25) is 0 Å². The van der Waals surface area contributed by atoms with E-state index in [1.165, 1.54) is 0 Å². The monoisotopic (exact) mass is 295 g/mol. The van der Waals surface area contributed by atoms with Crippen molar-refractivity contribution in [1.29, 1.82) is 0 Å². The molecule has 0 saturated carbocycles. The van der Waals surface area contributed by atoms with Gasteiger partial charge in [0, 0.05) is 18.5 Å². The van der Waals surface area contributed by atoms with E-state index in [9.17, 15) is 22.0 Å². The highest BCUT2D eigenvalue weighted by atomic mass is 19.4. The molecule has 0 bridgehead atoms.